The standard InChI is InChI=1S/C19H23NO2/c1-4-15-10-12-16(13-11-15)20-19(21)17(5-2)22-18-9-7-6-8-14(18)3/h6-13,17H,4-5H2,1-3H3,(H,20,21). The molecule has 0 aliphatic heterocycles. The van der Waals surface area contributed by atoms with Crippen LogP contribution in [0.25, 0.3) is 0 Å². The molecule has 2 aromatic carbocycles. The third-order valence-electron chi connectivity index (χ3n) is 3.66. The summed E-state index contributed by atoms with van der Waals surface area (Å²) in [6.07, 6.45) is 1.11. The van der Waals surface area contributed by atoms with E-state index in [1.807, 2.05) is 62.4 Å². The molecular weight excluding hydrogens is 274 g/mol. The molecule has 2 rings (SSSR count). The molecule has 1 amide bonds. The van der Waals surface area contributed by atoms with Crippen molar-refractivity contribution in [1.82, 2.24) is 0 Å². The number of amides is 1. The summed E-state index contributed by atoms with van der Waals surface area (Å²) in [6, 6.07) is 15.6. The van der Waals surface area contributed by atoms with Crippen LogP contribution in [-0.4, -0.2) is 12.0 Å². The summed E-state index contributed by atoms with van der Waals surface area (Å²) < 4.78 is 5.86. The summed E-state index contributed by atoms with van der Waals surface area (Å²) in [5.74, 6) is 0.640. The zero-order chi connectivity index (χ0) is 15.9. The lowest BCUT2D eigenvalue weighted by Crippen LogP contribution is -2.32. The highest BCUT2D eigenvalue weighted by atomic mass is 16.5. The molecule has 3 heteroatoms. The van der Waals surface area contributed by atoms with E-state index in [9.17, 15) is 4.79 Å². The number of hydrogen-bond donors (Lipinski definition) is 1. The maximum Gasteiger partial charge on any atom is 0.265 e. The summed E-state index contributed by atoms with van der Waals surface area (Å²) in [7, 11) is 0. The first-order chi connectivity index (χ1) is 10.6. The van der Waals surface area contributed by atoms with Crippen LogP contribution in [0.2, 0.25) is 0 Å². The highest BCUT2D eigenvalue weighted by molar-refractivity contribution is 5.94. The van der Waals surface area contributed by atoms with Crippen molar-refractivity contribution in [1.29, 1.82) is 0 Å². The van der Waals surface area contributed by atoms with E-state index in [0.29, 0.717) is 6.42 Å². The van der Waals surface area contributed by atoms with E-state index in [4.69, 9.17) is 4.74 Å². The fourth-order valence-electron chi connectivity index (χ4n) is 2.21. The van der Waals surface area contributed by atoms with Gasteiger partial charge in [0.15, 0.2) is 6.10 Å². The summed E-state index contributed by atoms with van der Waals surface area (Å²) in [4.78, 5) is 12.4. The number of hydrogen-bond acceptors (Lipinski definition) is 2. The molecule has 0 aliphatic rings. The van der Waals surface area contributed by atoms with Gasteiger partial charge in [0.25, 0.3) is 5.91 Å². The number of para-hydroxylation sites is 1. The number of nitrogens with one attached hydrogen (secondary N) is 1. The van der Waals surface area contributed by atoms with Crippen LogP contribution < -0.4 is 10.1 Å². The lowest BCUT2D eigenvalue weighted by atomic mass is 10.1. The van der Waals surface area contributed by atoms with E-state index in [0.717, 1.165) is 23.4 Å². The summed E-state index contributed by atoms with van der Waals surface area (Å²) in [6.45, 7) is 6.03. The van der Waals surface area contributed by atoms with Crippen LogP contribution in [0.15, 0.2) is 48.5 Å². The van der Waals surface area contributed by atoms with Crippen molar-refractivity contribution in [3.05, 3.63) is 59.7 Å². The van der Waals surface area contributed by atoms with Crippen molar-refractivity contribution in [3.8, 4) is 5.75 Å². The monoisotopic (exact) mass is 297 g/mol. The molecule has 3 nitrogen and oxygen atoms in total. The molecule has 0 aliphatic carbocycles. The minimum absolute atomic E-state index is 0.116. The highest BCUT2D eigenvalue weighted by Crippen LogP contribution is 2.19. The summed E-state index contributed by atoms with van der Waals surface area (Å²) in [5.41, 5.74) is 3.08. The van der Waals surface area contributed by atoms with Crippen LogP contribution in [0.1, 0.15) is 31.4 Å². The molecule has 0 bridgehead atoms. The van der Waals surface area contributed by atoms with Gasteiger partial charge in [-0.15, -0.1) is 0 Å². The predicted octanol–water partition coefficient (Wildman–Crippen LogP) is 4.35. The minimum atomic E-state index is -0.494. The van der Waals surface area contributed by atoms with Gasteiger partial charge in [-0.05, 0) is 49.1 Å². The third-order valence-corrected chi connectivity index (χ3v) is 3.66. The Morgan fingerprint density at radius 1 is 1.09 bits per heavy atom. The highest BCUT2D eigenvalue weighted by Gasteiger charge is 2.19. The van der Waals surface area contributed by atoms with Gasteiger partial charge in [0, 0.05) is 5.69 Å². The van der Waals surface area contributed by atoms with E-state index >= 15 is 0 Å². The van der Waals surface area contributed by atoms with Crippen LogP contribution in [0.4, 0.5) is 5.69 Å². The van der Waals surface area contributed by atoms with Crippen LogP contribution >= 0.6 is 0 Å². The van der Waals surface area contributed by atoms with Gasteiger partial charge in [-0.1, -0.05) is 44.2 Å². The maximum absolute atomic E-state index is 12.4. The third kappa shape index (κ3) is 4.10. The van der Waals surface area contributed by atoms with Crippen molar-refractivity contribution >= 4 is 11.6 Å². The first-order valence-electron chi connectivity index (χ1n) is 7.76. The van der Waals surface area contributed by atoms with Crippen LogP contribution in [0.5, 0.6) is 5.75 Å². The first-order valence-corrected chi connectivity index (χ1v) is 7.76. The van der Waals surface area contributed by atoms with Gasteiger partial charge in [-0.25, -0.2) is 0 Å². The Labute approximate surface area is 132 Å². The molecule has 0 heterocycles. The number of carbonyl (C=O) groups is 1. The average Bonchev–Trinajstić information content (AvgIpc) is 2.54. The van der Waals surface area contributed by atoms with Gasteiger partial charge in [0.1, 0.15) is 5.75 Å². The summed E-state index contributed by atoms with van der Waals surface area (Å²) in [5, 5.41) is 2.92. The van der Waals surface area contributed by atoms with Gasteiger partial charge in [0.05, 0.1) is 0 Å². The van der Waals surface area contributed by atoms with E-state index in [1.165, 1.54) is 5.56 Å². The van der Waals surface area contributed by atoms with Crippen molar-refractivity contribution in [2.24, 2.45) is 0 Å². The van der Waals surface area contributed by atoms with Crippen molar-refractivity contribution in [2.45, 2.75) is 39.7 Å². The number of carbonyl (C=O) groups excluding carboxylic acids is 1. The van der Waals surface area contributed by atoms with Crippen LogP contribution in [-0.2, 0) is 11.2 Å². The molecule has 22 heavy (non-hydrogen) atoms. The molecule has 0 saturated carbocycles. The Morgan fingerprint density at radius 3 is 2.36 bits per heavy atom. The second-order valence-electron chi connectivity index (χ2n) is 5.32. The smallest absolute Gasteiger partial charge is 0.265 e. The van der Waals surface area contributed by atoms with Gasteiger partial charge in [-0.3, -0.25) is 4.79 Å². The van der Waals surface area contributed by atoms with Gasteiger partial charge < -0.3 is 10.1 Å². The largest absolute Gasteiger partial charge is 0.480 e. The second-order valence-corrected chi connectivity index (χ2v) is 5.32. The van der Waals surface area contributed by atoms with E-state index in [1.54, 1.807) is 0 Å². The molecular formula is C19H23NO2. The predicted molar refractivity (Wildman–Crippen MR) is 90.3 cm³/mol. The van der Waals surface area contributed by atoms with Crippen LogP contribution in [0, 0.1) is 6.92 Å². The molecule has 0 radical (unpaired) electrons. The quantitative estimate of drug-likeness (QED) is 0.860. The number of rotatable bonds is 6. The Kier molecular flexibility index (Phi) is 5.59. The lowest BCUT2D eigenvalue weighted by molar-refractivity contribution is -0.122. The number of anilines is 1. The Balaban J connectivity index is 2.03. The molecule has 1 unspecified atom stereocenters. The van der Waals surface area contributed by atoms with Crippen LogP contribution in [0.3, 0.4) is 0 Å². The zero-order valence-electron chi connectivity index (χ0n) is 13.4. The summed E-state index contributed by atoms with van der Waals surface area (Å²) >= 11 is 0. The Hall–Kier alpha value is -2.29. The molecule has 1 N–H and O–H groups in total. The lowest BCUT2D eigenvalue weighted by Gasteiger charge is -2.18. The van der Waals surface area contributed by atoms with Gasteiger partial charge >= 0.3 is 0 Å². The zero-order valence-corrected chi connectivity index (χ0v) is 13.4. The van der Waals surface area contributed by atoms with Crippen molar-refractivity contribution < 1.29 is 9.53 Å². The van der Waals surface area contributed by atoms with E-state index in [2.05, 4.69) is 12.2 Å². The van der Waals surface area contributed by atoms with E-state index < -0.39 is 6.10 Å². The minimum Gasteiger partial charge on any atom is -0.480 e. The molecule has 0 fully saturated rings. The molecule has 0 aromatic heterocycles. The normalized spacial score (nSPS) is 11.8. The SMILES string of the molecule is CCc1ccc(NC(=O)C(CC)Oc2ccccc2C)cc1. The van der Waals surface area contributed by atoms with Gasteiger partial charge in [0.2, 0.25) is 0 Å². The fourth-order valence-corrected chi connectivity index (χ4v) is 2.21. The topological polar surface area (TPSA) is 38.3 Å². The molecule has 116 valence electrons. The molecule has 1 atom stereocenters. The van der Waals surface area contributed by atoms with Gasteiger partial charge in [-0.2, -0.15) is 0 Å². The fraction of sp³-hybridized carbons (Fsp3) is 0.316. The van der Waals surface area contributed by atoms with Crippen molar-refractivity contribution in [3.63, 3.8) is 0 Å². The second kappa shape index (κ2) is 7.64. The Morgan fingerprint density at radius 2 is 1.77 bits per heavy atom. The number of benzene rings is 2. The number of aryl methyl sites for hydroxylation is 2. The molecule has 2 aromatic rings. The first kappa shape index (κ1) is 16.1. The molecule has 0 spiro atoms. The average molecular weight is 297 g/mol. The number of ether oxygens (including phenoxy) is 1. The van der Waals surface area contributed by atoms with E-state index in [-0.39, 0.29) is 5.91 Å². The van der Waals surface area contributed by atoms with Crippen molar-refractivity contribution in [2.75, 3.05) is 5.32 Å². The Bertz CT molecular complexity index is 620. The maximum atomic E-state index is 12.4. The molecule has 0 saturated heterocycles.